The Kier molecular flexibility index (Phi) is 7.14. The van der Waals surface area contributed by atoms with E-state index < -0.39 is 0 Å². The van der Waals surface area contributed by atoms with Gasteiger partial charge in [0.25, 0.3) is 0 Å². The van der Waals surface area contributed by atoms with Crippen LogP contribution in [0.1, 0.15) is 11.6 Å². The summed E-state index contributed by atoms with van der Waals surface area (Å²) >= 11 is 0. The first-order valence-corrected chi connectivity index (χ1v) is 6.44. The summed E-state index contributed by atoms with van der Waals surface area (Å²) in [5.41, 5.74) is 6.78. The van der Waals surface area contributed by atoms with Crippen molar-refractivity contribution in [3.05, 3.63) is 17.7 Å². The summed E-state index contributed by atoms with van der Waals surface area (Å²) < 4.78 is 21.1. The van der Waals surface area contributed by atoms with Crippen molar-refractivity contribution in [3.8, 4) is 17.2 Å². The van der Waals surface area contributed by atoms with Gasteiger partial charge in [-0.15, -0.1) is 0 Å². The van der Waals surface area contributed by atoms with E-state index in [9.17, 15) is 0 Å². The zero-order valence-corrected chi connectivity index (χ0v) is 12.6. The molecule has 0 aromatic heterocycles. The fourth-order valence-corrected chi connectivity index (χ4v) is 2.05. The number of benzene rings is 1. The minimum absolute atomic E-state index is 0.0418. The van der Waals surface area contributed by atoms with E-state index in [0.717, 1.165) is 5.56 Å². The third-order valence-corrected chi connectivity index (χ3v) is 3.04. The molecule has 0 aliphatic heterocycles. The fraction of sp³-hybridized carbons (Fsp3) is 0.571. The van der Waals surface area contributed by atoms with Gasteiger partial charge in [-0.1, -0.05) is 0 Å². The van der Waals surface area contributed by atoms with E-state index in [1.165, 1.54) is 0 Å². The van der Waals surface area contributed by atoms with Gasteiger partial charge in [0.1, 0.15) is 0 Å². The molecule has 0 fully saturated rings. The Morgan fingerprint density at radius 3 is 2.25 bits per heavy atom. The van der Waals surface area contributed by atoms with Gasteiger partial charge >= 0.3 is 0 Å². The molecule has 0 spiro atoms. The van der Waals surface area contributed by atoms with Crippen LogP contribution < -0.4 is 25.3 Å². The van der Waals surface area contributed by atoms with E-state index in [1.54, 1.807) is 28.4 Å². The number of rotatable bonds is 9. The van der Waals surface area contributed by atoms with E-state index in [1.807, 2.05) is 12.1 Å². The van der Waals surface area contributed by atoms with Gasteiger partial charge in [0.15, 0.2) is 11.5 Å². The highest BCUT2D eigenvalue weighted by atomic mass is 16.5. The van der Waals surface area contributed by atoms with Gasteiger partial charge in [-0.3, -0.25) is 0 Å². The Morgan fingerprint density at radius 1 is 1.05 bits per heavy atom. The number of nitrogens with one attached hydrogen (secondary N) is 1. The lowest BCUT2D eigenvalue weighted by Gasteiger charge is -2.22. The average Bonchev–Trinajstić information content (AvgIpc) is 2.50. The van der Waals surface area contributed by atoms with Crippen molar-refractivity contribution in [1.82, 2.24) is 5.32 Å². The standard InChI is InChI=1S/C14H24N2O4/c1-17-8-7-16-11(9-15)10-5-6-12(18-2)14(20-4)13(10)19-3/h5-6,11,16H,7-9,15H2,1-4H3. The van der Waals surface area contributed by atoms with Crippen molar-refractivity contribution in [2.45, 2.75) is 6.04 Å². The van der Waals surface area contributed by atoms with Gasteiger partial charge in [0, 0.05) is 31.8 Å². The van der Waals surface area contributed by atoms with Crippen molar-refractivity contribution >= 4 is 0 Å². The first-order chi connectivity index (χ1) is 9.73. The predicted octanol–water partition coefficient (Wildman–Crippen LogP) is 0.948. The van der Waals surface area contributed by atoms with E-state index >= 15 is 0 Å². The number of hydrogen-bond donors (Lipinski definition) is 2. The minimum atomic E-state index is -0.0418. The Balaban J connectivity index is 3.08. The molecule has 1 aromatic carbocycles. The Labute approximate surface area is 120 Å². The normalized spacial score (nSPS) is 12.1. The molecule has 1 unspecified atom stereocenters. The van der Waals surface area contributed by atoms with Crippen LogP contribution >= 0.6 is 0 Å². The SMILES string of the molecule is COCCNC(CN)c1ccc(OC)c(OC)c1OC. The third-order valence-electron chi connectivity index (χ3n) is 3.04. The molecule has 0 radical (unpaired) electrons. The Hall–Kier alpha value is -1.50. The third kappa shape index (κ3) is 3.75. The van der Waals surface area contributed by atoms with E-state index in [0.29, 0.717) is 36.9 Å². The summed E-state index contributed by atoms with van der Waals surface area (Å²) in [5, 5.41) is 3.32. The molecule has 1 atom stereocenters. The highest BCUT2D eigenvalue weighted by Crippen LogP contribution is 2.41. The largest absolute Gasteiger partial charge is 0.493 e. The molecule has 0 saturated carbocycles. The monoisotopic (exact) mass is 284 g/mol. The summed E-state index contributed by atoms with van der Waals surface area (Å²) in [6.07, 6.45) is 0. The van der Waals surface area contributed by atoms with Crippen LogP contribution in [0.3, 0.4) is 0 Å². The second-order valence-electron chi connectivity index (χ2n) is 4.16. The molecule has 0 bridgehead atoms. The van der Waals surface area contributed by atoms with Crippen molar-refractivity contribution in [1.29, 1.82) is 0 Å². The van der Waals surface area contributed by atoms with Crippen LogP contribution in [0.15, 0.2) is 12.1 Å². The smallest absolute Gasteiger partial charge is 0.203 e. The fourth-order valence-electron chi connectivity index (χ4n) is 2.05. The molecule has 3 N–H and O–H groups in total. The van der Waals surface area contributed by atoms with Crippen molar-refractivity contribution in [2.24, 2.45) is 5.73 Å². The predicted molar refractivity (Wildman–Crippen MR) is 77.8 cm³/mol. The summed E-state index contributed by atoms with van der Waals surface area (Å²) in [4.78, 5) is 0. The highest BCUT2D eigenvalue weighted by molar-refractivity contribution is 5.56. The molecule has 0 aliphatic rings. The van der Waals surface area contributed by atoms with Gasteiger partial charge < -0.3 is 30.0 Å². The molecular formula is C14H24N2O4. The molecular weight excluding hydrogens is 260 g/mol. The Morgan fingerprint density at radius 2 is 1.75 bits per heavy atom. The summed E-state index contributed by atoms with van der Waals surface area (Å²) in [6.45, 7) is 1.76. The maximum Gasteiger partial charge on any atom is 0.203 e. The molecule has 0 saturated heterocycles. The number of hydrogen-bond acceptors (Lipinski definition) is 6. The highest BCUT2D eigenvalue weighted by Gasteiger charge is 2.21. The summed E-state index contributed by atoms with van der Waals surface area (Å²) in [7, 11) is 6.44. The molecule has 1 aromatic rings. The molecule has 0 heterocycles. The molecule has 0 aliphatic carbocycles. The zero-order chi connectivity index (χ0) is 15.0. The van der Waals surface area contributed by atoms with E-state index in [2.05, 4.69) is 5.32 Å². The summed E-state index contributed by atoms with van der Waals surface area (Å²) in [6, 6.07) is 3.73. The van der Waals surface area contributed by atoms with Gasteiger partial charge in [0.2, 0.25) is 5.75 Å². The van der Waals surface area contributed by atoms with Crippen molar-refractivity contribution < 1.29 is 18.9 Å². The van der Waals surface area contributed by atoms with Gasteiger partial charge in [-0.25, -0.2) is 0 Å². The zero-order valence-electron chi connectivity index (χ0n) is 12.6. The van der Waals surface area contributed by atoms with Gasteiger partial charge in [-0.05, 0) is 12.1 Å². The molecule has 0 amide bonds. The second-order valence-corrected chi connectivity index (χ2v) is 4.16. The van der Waals surface area contributed by atoms with Crippen LogP contribution in [0.5, 0.6) is 17.2 Å². The number of ether oxygens (including phenoxy) is 4. The minimum Gasteiger partial charge on any atom is -0.493 e. The molecule has 6 heteroatoms. The Bertz CT molecular complexity index is 412. The van der Waals surface area contributed by atoms with Gasteiger partial charge in [0.05, 0.1) is 27.9 Å². The van der Waals surface area contributed by atoms with Crippen LogP contribution in [-0.4, -0.2) is 48.1 Å². The maximum absolute atomic E-state index is 5.84. The van der Waals surface area contributed by atoms with Crippen molar-refractivity contribution in [2.75, 3.05) is 48.1 Å². The first kappa shape index (κ1) is 16.6. The quantitative estimate of drug-likeness (QED) is 0.658. The lowest BCUT2D eigenvalue weighted by Crippen LogP contribution is -2.31. The second kappa shape index (κ2) is 8.63. The van der Waals surface area contributed by atoms with Crippen LogP contribution in [0.2, 0.25) is 0 Å². The lowest BCUT2D eigenvalue weighted by molar-refractivity contribution is 0.195. The number of methoxy groups -OCH3 is 4. The topological polar surface area (TPSA) is 75.0 Å². The van der Waals surface area contributed by atoms with E-state index in [4.69, 9.17) is 24.7 Å². The lowest BCUT2D eigenvalue weighted by atomic mass is 10.0. The van der Waals surface area contributed by atoms with Crippen LogP contribution in [-0.2, 0) is 4.74 Å². The van der Waals surface area contributed by atoms with Crippen molar-refractivity contribution in [3.63, 3.8) is 0 Å². The van der Waals surface area contributed by atoms with E-state index in [-0.39, 0.29) is 6.04 Å². The summed E-state index contributed by atoms with van der Waals surface area (Å²) in [5.74, 6) is 1.83. The van der Waals surface area contributed by atoms with Crippen LogP contribution in [0.25, 0.3) is 0 Å². The maximum atomic E-state index is 5.84. The molecule has 114 valence electrons. The first-order valence-electron chi connectivity index (χ1n) is 6.44. The molecule has 20 heavy (non-hydrogen) atoms. The molecule has 6 nitrogen and oxygen atoms in total. The average molecular weight is 284 g/mol. The number of nitrogens with two attached hydrogens (primary N) is 1. The van der Waals surface area contributed by atoms with Crippen LogP contribution in [0.4, 0.5) is 0 Å². The van der Waals surface area contributed by atoms with Crippen LogP contribution in [0, 0.1) is 0 Å². The van der Waals surface area contributed by atoms with Gasteiger partial charge in [-0.2, -0.15) is 0 Å². The molecule has 1 rings (SSSR count).